The Kier molecular flexibility index (Phi) is 4.39. The van der Waals surface area contributed by atoms with Crippen LogP contribution in [0.3, 0.4) is 0 Å². The van der Waals surface area contributed by atoms with Crippen LogP contribution in [0.2, 0.25) is 0 Å². The van der Waals surface area contributed by atoms with Gasteiger partial charge in [-0.05, 0) is 24.6 Å². The van der Waals surface area contributed by atoms with Gasteiger partial charge in [0.25, 0.3) is 0 Å². The fourth-order valence-corrected chi connectivity index (χ4v) is 1.24. The van der Waals surface area contributed by atoms with Crippen molar-refractivity contribution < 1.29 is 19.4 Å². The maximum atomic E-state index is 10.4. The number of hydrogen-bond donors (Lipinski definition) is 1. The topological polar surface area (TPSA) is 55.8 Å². The maximum Gasteiger partial charge on any atom is 0.341 e. The van der Waals surface area contributed by atoms with Gasteiger partial charge >= 0.3 is 5.97 Å². The molecule has 1 rings (SSSR count). The van der Waals surface area contributed by atoms with Gasteiger partial charge in [-0.2, -0.15) is 0 Å². The molecule has 4 nitrogen and oxygen atoms in total. The van der Waals surface area contributed by atoms with E-state index in [4.69, 9.17) is 14.6 Å². The summed E-state index contributed by atoms with van der Waals surface area (Å²) in [5.74, 6) is -0.0606. The van der Waals surface area contributed by atoms with Crippen molar-refractivity contribution in [1.82, 2.24) is 0 Å². The van der Waals surface area contributed by atoms with Crippen molar-refractivity contribution in [2.45, 2.75) is 6.92 Å². The van der Waals surface area contributed by atoms with Gasteiger partial charge < -0.3 is 14.6 Å². The molecule has 0 unspecified atom stereocenters. The fraction of sp³-hybridized carbons (Fsp3) is 0.250. The number of carbonyl (C=O) groups is 1. The van der Waals surface area contributed by atoms with E-state index in [9.17, 15) is 4.79 Å². The van der Waals surface area contributed by atoms with Crippen molar-refractivity contribution in [1.29, 1.82) is 0 Å². The highest BCUT2D eigenvalue weighted by Gasteiger charge is 2.06. The highest BCUT2D eigenvalue weighted by molar-refractivity contribution is 5.68. The molecule has 0 aliphatic heterocycles. The first-order valence-corrected chi connectivity index (χ1v) is 4.82. The lowest BCUT2D eigenvalue weighted by Gasteiger charge is -2.09. The summed E-state index contributed by atoms with van der Waals surface area (Å²) < 4.78 is 10.2. The molecule has 0 heterocycles. The van der Waals surface area contributed by atoms with Gasteiger partial charge in [-0.1, -0.05) is 18.2 Å². The van der Waals surface area contributed by atoms with Crippen LogP contribution >= 0.6 is 0 Å². The Morgan fingerprint density at radius 3 is 2.75 bits per heavy atom. The zero-order valence-corrected chi connectivity index (χ0v) is 9.27. The van der Waals surface area contributed by atoms with Gasteiger partial charge in [0.2, 0.25) is 0 Å². The zero-order chi connectivity index (χ0) is 12.0. The fourth-order valence-electron chi connectivity index (χ4n) is 1.24. The molecule has 16 heavy (non-hydrogen) atoms. The molecular weight excluding hydrogens is 208 g/mol. The monoisotopic (exact) mass is 222 g/mol. The van der Waals surface area contributed by atoms with Crippen molar-refractivity contribution in [3.05, 3.63) is 29.8 Å². The van der Waals surface area contributed by atoms with Gasteiger partial charge in [0.15, 0.2) is 18.1 Å². The molecule has 0 spiro atoms. The molecule has 0 atom stereocenters. The van der Waals surface area contributed by atoms with Crippen LogP contribution in [0.1, 0.15) is 12.5 Å². The molecule has 1 aromatic carbocycles. The van der Waals surface area contributed by atoms with Crippen LogP contribution in [0.15, 0.2) is 24.3 Å². The van der Waals surface area contributed by atoms with E-state index in [0.717, 1.165) is 5.56 Å². The standard InChI is InChI=1S/C12H14O4/c1-3-4-9-5-6-10(11(7-9)15-2)16-8-12(13)14/h3-7H,8H2,1-2H3,(H,13,14)/b4-3+. The average Bonchev–Trinajstić information content (AvgIpc) is 2.27. The van der Waals surface area contributed by atoms with E-state index in [1.54, 1.807) is 12.1 Å². The normalized spacial score (nSPS) is 10.4. The molecule has 0 aliphatic rings. The summed E-state index contributed by atoms with van der Waals surface area (Å²) in [6, 6.07) is 5.31. The minimum Gasteiger partial charge on any atom is -0.493 e. The molecular formula is C12H14O4. The lowest BCUT2D eigenvalue weighted by Crippen LogP contribution is -2.10. The van der Waals surface area contributed by atoms with Crippen LogP contribution < -0.4 is 9.47 Å². The smallest absolute Gasteiger partial charge is 0.341 e. The van der Waals surface area contributed by atoms with Crippen molar-refractivity contribution in [3.63, 3.8) is 0 Å². The largest absolute Gasteiger partial charge is 0.493 e. The van der Waals surface area contributed by atoms with Crippen molar-refractivity contribution >= 4 is 12.0 Å². The number of allylic oxidation sites excluding steroid dienone is 1. The highest BCUT2D eigenvalue weighted by Crippen LogP contribution is 2.28. The summed E-state index contributed by atoms with van der Waals surface area (Å²) in [6.45, 7) is 1.54. The van der Waals surface area contributed by atoms with Gasteiger partial charge in [0.1, 0.15) is 0 Å². The second kappa shape index (κ2) is 5.80. The van der Waals surface area contributed by atoms with E-state index < -0.39 is 5.97 Å². The molecule has 0 aromatic heterocycles. The Balaban J connectivity index is 2.88. The van der Waals surface area contributed by atoms with E-state index in [-0.39, 0.29) is 6.61 Å². The van der Waals surface area contributed by atoms with Crippen LogP contribution in [0, 0.1) is 0 Å². The summed E-state index contributed by atoms with van der Waals surface area (Å²) in [6.07, 6.45) is 3.83. The Bertz CT molecular complexity index is 396. The number of rotatable bonds is 5. The number of hydrogen-bond acceptors (Lipinski definition) is 3. The van der Waals surface area contributed by atoms with Crippen LogP contribution in [-0.4, -0.2) is 24.8 Å². The van der Waals surface area contributed by atoms with Crippen LogP contribution in [-0.2, 0) is 4.79 Å². The van der Waals surface area contributed by atoms with Crippen LogP contribution in [0.5, 0.6) is 11.5 Å². The summed E-state index contributed by atoms with van der Waals surface area (Å²) in [5.41, 5.74) is 0.974. The lowest BCUT2D eigenvalue weighted by molar-refractivity contribution is -0.139. The molecule has 0 radical (unpaired) electrons. The second-order valence-electron chi connectivity index (χ2n) is 3.09. The highest BCUT2D eigenvalue weighted by atomic mass is 16.5. The predicted molar refractivity (Wildman–Crippen MR) is 60.8 cm³/mol. The number of aliphatic carboxylic acids is 1. The number of ether oxygens (including phenoxy) is 2. The summed E-state index contributed by atoms with van der Waals surface area (Å²) >= 11 is 0. The number of benzene rings is 1. The number of carboxylic acids is 1. The third-order valence-electron chi connectivity index (χ3n) is 1.90. The molecule has 86 valence electrons. The van der Waals surface area contributed by atoms with Crippen molar-refractivity contribution in [3.8, 4) is 11.5 Å². The molecule has 4 heteroatoms. The first-order chi connectivity index (χ1) is 7.67. The maximum absolute atomic E-state index is 10.4. The molecule has 1 N–H and O–H groups in total. The summed E-state index contributed by atoms with van der Waals surface area (Å²) in [4.78, 5) is 10.4. The van der Waals surface area contributed by atoms with Crippen molar-refractivity contribution in [2.24, 2.45) is 0 Å². The average molecular weight is 222 g/mol. The van der Waals surface area contributed by atoms with E-state index in [1.807, 2.05) is 25.1 Å². The zero-order valence-electron chi connectivity index (χ0n) is 9.27. The molecule has 1 aromatic rings. The molecule has 0 bridgehead atoms. The molecule has 0 amide bonds. The van der Waals surface area contributed by atoms with Crippen LogP contribution in [0.25, 0.3) is 6.08 Å². The lowest BCUT2D eigenvalue weighted by atomic mass is 10.2. The Morgan fingerprint density at radius 1 is 1.44 bits per heavy atom. The Labute approximate surface area is 94.1 Å². The summed E-state index contributed by atoms with van der Waals surface area (Å²) in [5, 5.41) is 8.50. The Morgan fingerprint density at radius 2 is 2.19 bits per heavy atom. The third-order valence-corrected chi connectivity index (χ3v) is 1.90. The second-order valence-corrected chi connectivity index (χ2v) is 3.09. The minimum atomic E-state index is -1.01. The van der Waals surface area contributed by atoms with Crippen LogP contribution in [0.4, 0.5) is 0 Å². The first-order valence-electron chi connectivity index (χ1n) is 4.82. The Hall–Kier alpha value is -1.97. The summed E-state index contributed by atoms with van der Waals surface area (Å²) in [7, 11) is 1.52. The molecule has 0 aliphatic carbocycles. The third kappa shape index (κ3) is 3.31. The number of methoxy groups -OCH3 is 1. The minimum absolute atomic E-state index is 0.376. The van der Waals surface area contributed by atoms with Gasteiger partial charge in [-0.3, -0.25) is 0 Å². The van der Waals surface area contributed by atoms with E-state index in [0.29, 0.717) is 11.5 Å². The van der Waals surface area contributed by atoms with Gasteiger partial charge in [0, 0.05) is 0 Å². The van der Waals surface area contributed by atoms with E-state index in [1.165, 1.54) is 7.11 Å². The predicted octanol–water partition coefficient (Wildman–Crippen LogP) is 2.19. The van der Waals surface area contributed by atoms with Gasteiger partial charge in [-0.25, -0.2) is 4.79 Å². The van der Waals surface area contributed by atoms with E-state index >= 15 is 0 Å². The molecule has 0 saturated carbocycles. The molecule has 0 fully saturated rings. The van der Waals surface area contributed by atoms with E-state index in [2.05, 4.69) is 0 Å². The quantitative estimate of drug-likeness (QED) is 0.829. The number of carboxylic acid groups (broad SMARTS) is 1. The molecule has 0 saturated heterocycles. The van der Waals surface area contributed by atoms with Crippen molar-refractivity contribution in [2.75, 3.05) is 13.7 Å². The van der Waals surface area contributed by atoms with Gasteiger partial charge in [0.05, 0.1) is 7.11 Å². The SMILES string of the molecule is C/C=C/c1ccc(OCC(=O)O)c(OC)c1. The van der Waals surface area contributed by atoms with Gasteiger partial charge in [-0.15, -0.1) is 0 Å². The first kappa shape index (κ1) is 12.1.